The van der Waals surface area contributed by atoms with Crippen molar-refractivity contribution in [1.82, 2.24) is 9.88 Å². The van der Waals surface area contributed by atoms with Crippen LogP contribution in [-0.2, 0) is 11.2 Å². The fourth-order valence-electron chi connectivity index (χ4n) is 2.67. The van der Waals surface area contributed by atoms with Gasteiger partial charge in [-0.1, -0.05) is 13.8 Å². The maximum Gasteiger partial charge on any atom is 0.253 e. The van der Waals surface area contributed by atoms with Crippen molar-refractivity contribution in [3.8, 4) is 0 Å². The number of hydrogen-bond acceptors (Lipinski definition) is 3. The summed E-state index contributed by atoms with van der Waals surface area (Å²) in [5.74, 6) is 0.303. The van der Waals surface area contributed by atoms with E-state index < -0.39 is 0 Å². The van der Waals surface area contributed by atoms with Gasteiger partial charge in [-0.2, -0.15) is 0 Å². The quantitative estimate of drug-likeness (QED) is 0.900. The lowest BCUT2D eigenvalue weighted by atomic mass is 10.1. The Morgan fingerprint density at radius 2 is 2.24 bits per heavy atom. The topological polar surface area (TPSA) is 62.4 Å². The predicted molar refractivity (Wildman–Crippen MR) is 81.5 cm³/mol. The normalized spacial score (nSPS) is 18.2. The first-order chi connectivity index (χ1) is 9.95. The SMILES string of the molecule is CC(C)Cc1cc(C(=O)N(C)C[C@@H]2CCCO2)cc(=O)[nH]1. The molecule has 1 aliphatic heterocycles. The van der Waals surface area contributed by atoms with Crippen LogP contribution in [0.15, 0.2) is 16.9 Å². The summed E-state index contributed by atoms with van der Waals surface area (Å²) in [6.07, 6.45) is 2.92. The van der Waals surface area contributed by atoms with Gasteiger partial charge in [-0.3, -0.25) is 9.59 Å². The molecule has 0 unspecified atom stereocenters. The summed E-state index contributed by atoms with van der Waals surface area (Å²) in [4.78, 5) is 28.6. The van der Waals surface area contributed by atoms with Crippen LogP contribution in [0.5, 0.6) is 0 Å². The number of ether oxygens (including phenoxy) is 1. The Kier molecular flexibility index (Phi) is 5.17. The maximum atomic E-state index is 12.4. The minimum absolute atomic E-state index is 0.121. The number of likely N-dealkylation sites (N-methyl/N-ethyl adjacent to an activating group) is 1. The van der Waals surface area contributed by atoms with Crippen molar-refractivity contribution in [3.05, 3.63) is 33.7 Å². The van der Waals surface area contributed by atoms with Crippen molar-refractivity contribution in [2.75, 3.05) is 20.2 Å². The molecule has 5 heteroatoms. The molecule has 1 N–H and O–H groups in total. The average molecular weight is 292 g/mol. The van der Waals surface area contributed by atoms with Crippen molar-refractivity contribution in [3.63, 3.8) is 0 Å². The first-order valence-electron chi connectivity index (χ1n) is 7.56. The zero-order chi connectivity index (χ0) is 15.4. The predicted octanol–water partition coefficient (Wildman–Crippen LogP) is 1.82. The number of rotatable bonds is 5. The lowest BCUT2D eigenvalue weighted by Gasteiger charge is -2.21. The molecular formula is C16H24N2O3. The largest absolute Gasteiger partial charge is 0.376 e. The third kappa shape index (κ3) is 4.43. The van der Waals surface area contributed by atoms with E-state index in [4.69, 9.17) is 4.74 Å². The average Bonchev–Trinajstić information content (AvgIpc) is 2.89. The maximum absolute atomic E-state index is 12.4. The van der Waals surface area contributed by atoms with Gasteiger partial charge in [-0.15, -0.1) is 0 Å². The molecule has 1 amide bonds. The van der Waals surface area contributed by atoms with Crippen molar-refractivity contribution in [1.29, 1.82) is 0 Å². The number of aromatic nitrogens is 1. The number of amides is 1. The highest BCUT2D eigenvalue weighted by molar-refractivity contribution is 5.94. The molecule has 1 fully saturated rings. The highest BCUT2D eigenvalue weighted by atomic mass is 16.5. The molecule has 2 rings (SSSR count). The summed E-state index contributed by atoms with van der Waals surface area (Å²) in [6, 6.07) is 3.16. The molecule has 0 aliphatic carbocycles. The molecule has 0 saturated carbocycles. The van der Waals surface area contributed by atoms with Gasteiger partial charge in [0.2, 0.25) is 5.56 Å². The van der Waals surface area contributed by atoms with Crippen LogP contribution < -0.4 is 5.56 Å². The zero-order valence-corrected chi connectivity index (χ0v) is 13.0. The fraction of sp³-hybridized carbons (Fsp3) is 0.625. The minimum atomic E-state index is -0.220. The Bertz CT molecular complexity index is 545. The molecule has 1 atom stereocenters. The molecule has 5 nitrogen and oxygen atoms in total. The molecular weight excluding hydrogens is 268 g/mol. The summed E-state index contributed by atoms with van der Waals surface area (Å²) in [5, 5.41) is 0. The molecule has 0 radical (unpaired) electrons. The van der Waals surface area contributed by atoms with Gasteiger partial charge in [0.1, 0.15) is 0 Å². The molecule has 116 valence electrons. The van der Waals surface area contributed by atoms with Crippen LogP contribution >= 0.6 is 0 Å². The van der Waals surface area contributed by atoms with E-state index in [1.807, 2.05) is 0 Å². The van der Waals surface area contributed by atoms with E-state index >= 15 is 0 Å². The standard InChI is InChI=1S/C16H24N2O3/c1-11(2)7-13-8-12(9-15(19)17-13)16(20)18(3)10-14-5-4-6-21-14/h8-9,11,14H,4-7,10H2,1-3H3,(H,17,19)/t14-/m0/s1. The molecule has 1 aliphatic rings. The number of aromatic amines is 1. The van der Waals surface area contributed by atoms with E-state index in [-0.39, 0.29) is 17.6 Å². The highest BCUT2D eigenvalue weighted by Crippen LogP contribution is 2.14. The molecule has 0 bridgehead atoms. The van der Waals surface area contributed by atoms with Crippen LogP contribution in [0.2, 0.25) is 0 Å². The molecule has 21 heavy (non-hydrogen) atoms. The number of hydrogen-bond donors (Lipinski definition) is 1. The van der Waals surface area contributed by atoms with Crippen LogP contribution in [0, 0.1) is 5.92 Å². The van der Waals surface area contributed by atoms with E-state index in [9.17, 15) is 9.59 Å². The molecule has 1 aromatic rings. The second-order valence-corrected chi connectivity index (χ2v) is 6.18. The van der Waals surface area contributed by atoms with Crippen LogP contribution in [-0.4, -0.2) is 42.1 Å². The molecule has 1 aromatic heterocycles. The Morgan fingerprint density at radius 1 is 1.48 bits per heavy atom. The van der Waals surface area contributed by atoms with E-state index in [2.05, 4.69) is 18.8 Å². The van der Waals surface area contributed by atoms with Gasteiger partial charge in [0.25, 0.3) is 5.91 Å². The van der Waals surface area contributed by atoms with Crippen molar-refractivity contribution < 1.29 is 9.53 Å². The number of H-pyrrole nitrogens is 1. The first kappa shape index (κ1) is 15.8. The smallest absolute Gasteiger partial charge is 0.253 e. The zero-order valence-electron chi connectivity index (χ0n) is 13.0. The van der Waals surface area contributed by atoms with E-state index in [1.54, 1.807) is 18.0 Å². The summed E-state index contributed by atoms with van der Waals surface area (Å²) in [6.45, 7) is 5.51. The fourth-order valence-corrected chi connectivity index (χ4v) is 2.67. The van der Waals surface area contributed by atoms with Gasteiger partial charge in [0, 0.05) is 37.5 Å². The second kappa shape index (κ2) is 6.89. The summed E-state index contributed by atoms with van der Waals surface area (Å²) >= 11 is 0. The summed E-state index contributed by atoms with van der Waals surface area (Å²) in [5.41, 5.74) is 1.04. The lowest BCUT2D eigenvalue weighted by Crippen LogP contribution is -2.34. The number of nitrogens with one attached hydrogen (secondary N) is 1. The minimum Gasteiger partial charge on any atom is -0.376 e. The van der Waals surface area contributed by atoms with Crippen LogP contribution in [0.4, 0.5) is 0 Å². The monoisotopic (exact) mass is 292 g/mol. The van der Waals surface area contributed by atoms with E-state index in [1.165, 1.54) is 6.07 Å². The number of carbonyl (C=O) groups is 1. The molecule has 0 spiro atoms. The summed E-state index contributed by atoms with van der Waals surface area (Å²) in [7, 11) is 1.76. The van der Waals surface area contributed by atoms with Crippen LogP contribution in [0.3, 0.4) is 0 Å². The van der Waals surface area contributed by atoms with Gasteiger partial charge in [-0.25, -0.2) is 0 Å². The van der Waals surface area contributed by atoms with Gasteiger partial charge >= 0.3 is 0 Å². The lowest BCUT2D eigenvalue weighted by molar-refractivity contribution is 0.0587. The number of pyridine rings is 1. The van der Waals surface area contributed by atoms with Gasteiger partial charge in [-0.05, 0) is 31.2 Å². The Morgan fingerprint density at radius 3 is 2.86 bits per heavy atom. The van der Waals surface area contributed by atoms with Gasteiger partial charge < -0.3 is 14.6 Å². The Labute approximate surface area is 125 Å². The van der Waals surface area contributed by atoms with Crippen molar-refractivity contribution in [2.24, 2.45) is 5.92 Å². The number of nitrogens with zero attached hydrogens (tertiary/aromatic N) is 1. The van der Waals surface area contributed by atoms with Gasteiger partial charge in [0.05, 0.1) is 6.10 Å². The second-order valence-electron chi connectivity index (χ2n) is 6.18. The third-order valence-corrected chi connectivity index (χ3v) is 3.62. The first-order valence-corrected chi connectivity index (χ1v) is 7.56. The molecule has 1 saturated heterocycles. The highest BCUT2D eigenvalue weighted by Gasteiger charge is 2.21. The summed E-state index contributed by atoms with van der Waals surface area (Å²) < 4.78 is 5.55. The Hall–Kier alpha value is -1.62. The molecule has 0 aromatic carbocycles. The third-order valence-electron chi connectivity index (χ3n) is 3.62. The van der Waals surface area contributed by atoms with Crippen LogP contribution in [0.1, 0.15) is 42.7 Å². The Balaban J connectivity index is 2.10. The number of carbonyl (C=O) groups excluding carboxylic acids is 1. The van der Waals surface area contributed by atoms with Gasteiger partial charge in [0.15, 0.2) is 0 Å². The molecule has 2 heterocycles. The van der Waals surface area contributed by atoms with E-state index in [0.29, 0.717) is 18.0 Å². The van der Waals surface area contributed by atoms with Crippen molar-refractivity contribution >= 4 is 5.91 Å². The van der Waals surface area contributed by atoms with Crippen molar-refractivity contribution in [2.45, 2.75) is 39.2 Å². The van der Waals surface area contributed by atoms with Crippen LogP contribution in [0.25, 0.3) is 0 Å². The van der Waals surface area contributed by atoms with E-state index in [0.717, 1.165) is 31.6 Å².